The molecule has 0 aromatic rings. The molecular formula is C8H14F3NO. The van der Waals surface area contributed by atoms with Gasteiger partial charge in [-0.15, -0.1) is 0 Å². The van der Waals surface area contributed by atoms with E-state index in [1.165, 1.54) is 0 Å². The highest BCUT2D eigenvalue weighted by Crippen LogP contribution is 2.40. The van der Waals surface area contributed by atoms with Crippen LogP contribution in [0.5, 0.6) is 0 Å². The molecule has 1 aliphatic carbocycles. The molecule has 1 rings (SSSR count). The topological polar surface area (TPSA) is 46.2 Å². The van der Waals surface area contributed by atoms with Crippen molar-refractivity contribution in [3.8, 4) is 0 Å². The van der Waals surface area contributed by atoms with Crippen molar-refractivity contribution in [1.82, 2.24) is 0 Å². The van der Waals surface area contributed by atoms with E-state index in [4.69, 9.17) is 10.8 Å². The maximum atomic E-state index is 12.3. The molecule has 2 unspecified atom stereocenters. The van der Waals surface area contributed by atoms with Crippen LogP contribution in [0.25, 0.3) is 0 Å². The number of nitrogens with two attached hydrogens (primary N) is 1. The molecule has 2 atom stereocenters. The molecule has 1 saturated carbocycles. The van der Waals surface area contributed by atoms with Gasteiger partial charge in [-0.25, -0.2) is 0 Å². The van der Waals surface area contributed by atoms with Crippen LogP contribution in [0.3, 0.4) is 0 Å². The number of halogens is 3. The van der Waals surface area contributed by atoms with Crippen molar-refractivity contribution in [3.05, 3.63) is 0 Å². The maximum absolute atomic E-state index is 12.3. The highest BCUT2D eigenvalue weighted by molar-refractivity contribution is 4.92. The molecule has 0 saturated heterocycles. The normalized spacial score (nSPS) is 36.2. The number of hydrogen-bond acceptors (Lipinski definition) is 2. The third-order valence-corrected chi connectivity index (χ3v) is 2.66. The van der Waals surface area contributed by atoms with Crippen LogP contribution >= 0.6 is 0 Å². The summed E-state index contributed by atoms with van der Waals surface area (Å²) in [5.41, 5.74) is 4.58. The van der Waals surface area contributed by atoms with Crippen LogP contribution in [0.4, 0.5) is 13.2 Å². The predicted molar refractivity (Wildman–Crippen MR) is 42.0 cm³/mol. The molecule has 0 spiro atoms. The zero-order valence-corrected chi connectivity index (χ0v) is 7.27. The van der Waals surface area contributed by atoms with Crippen LogP contribution < -0.4 is 5.73 Å². The summed E-state index contributed by atoms with van der Waals surface area (Å²) in [6.07, 6.45) is -3.24. The van der Waals surface area contributed by atoms with Gasteiger partial charge in [-0.1, -0.05) is 6.42 Å². The summed E-state index contributed by atoms with van der Waals surface area (Å²) in [6.45, 7) is -0.362. The molecule has 13 heavy (non-hydrogen) atoms. The van der Waals surface area contributed by atoms with Gasteiger partial charge in [0.25, 0.3) is 0 Å². The summed E-state index contributed by atoms with van der Waals surface area (Å²) in [5.74, 6) is -1.33. The second kappa shape index (κ2) is 3.46. The lowest BCUT2D eigenvalue weighted by Crippen LogP contribution is -2.50. The van der Waals surface area contributed by atoms with Crippen LogP contribution in [0.15, 0.2) is 0 Å². The van der Waals surface area contributed by atoms with Crippen molar-refractivity contribution in [3.63, 3.8) is 0 Å². The van der Waals surface area contributed by atoms with Crippen LogP contribution in [-0.2, 0) is 0 Å². The average Bonchev–Trinajstić information content (AvgIpc) is 2.03. The number of alkyl halides is 3. The van der Waals surface area contributed by atoms with E-state index < -0.39 is 17.6 Å². The third-order valence-electron chi connectivity index (χ3n) is 2.66. The molecule has 5 heteroatoms. The second-order valence-corrected chi connectivity index (χ2v) is 3.86. The molecule has 2 nitrogen and oxygen atoms in total. The Bertz CT molecular complexity index is 183. The zero-order chi connectivity index (χ0) is 10.1. The van der Waals surface area contributed by atoms with Crippen LogP contribution in [-0.4, -0.2) is 23.4 Å². The Labute approximate surface area is 74.9 Å². The van der Waals surface area contributed by atoms with Crippen molar-refractivity contribution in [2.45, 2.75) is 37.4 Å². The van der Waals surface area contributed by atoms with Gasteiger partial charge >= 0.3 is 6.18 Å². The first-order valence-corrected chi connectivity index (χ1v) is 4.34. The fourth-order valence-corrected chi connectivity index (χ4v) is 1.82. The average molecular weight is 197 g/mol. The molecule has 1 fully saturated rings. The van der Waals surface area contributed by atoms with Crippen molar-refractivity contribution >= 4 is 0 Å². The summed E-state index contributed by atoms with van der Waals surface area (Å²) in [7, 11) is 0. The van der Waals surface area contributed by atoms with Gasteiger partial charge in [0.2, 0.25) is 0 Å². The van der Waals surface area contributed by atoms with E-state index in [0.29, 0.717) is 12.8 Å². The molecule has 0 aromatic carbocycles. The van der Waals surface area contributed by atoms with Gasteiger partial charge in [0.15, 0.2) is 0 Å². The summed E-state index contributed by atoms with van der Waals surface area (Å²) >= 11 is 0. The molecule has 0 amide bonds. The monoisotopic (exact) mass is 197 g/mol. The molecule has 0 radical (unpaired) electrons. The first-order valence-electron chi connectivity index (χ1n) is 4.34. The van der Waals surface area contributed by atoms with Gasteiger partial charge in [0.1, 0.15) is 0 Å². The first kappa shape index (κ1) is 10.8. The molecule has 0 aromatic heterocycles. The molecule has 0 heterocycles. The minimum Gasteiger partial charge on any atom is -0.394 e. The maximum Gasteiger partial charge on any atom is 0.391 e. The quantitative estimate of drug-likeness (QED) is 0.668. The molecule has 0 aliphatic heterocycles. The van der Waals surface area contributed by atoms with Crippen molar-refractivity contribution < 1.29 is 18.3 Å². The number of rotatable bonds is 1. The van der Waals surface area contributed by atoms with Gasteiger partial charge in [-0.05, 0) is 19.3 Å². The lowest BCUT2D eigenvalue weighted by Gasteiger charge is -2.37. The Balaban J connectivity index is 2.62. The van der Waals surface area contributed by atoms with Crippen LogP contribution in [0.2, 0.25) is 0 Å². The largest absolute Gasteiger partial charge is 0.394 e. The van der Waals surface area contributed by atoms with E-state index in [0.717, 1.165) is 0 Å². The lowest BCUT2D eigenvalue weighted by molar-refractivity contribution is -0.188. The predicted octanol–water partition coefficient (Wildman–Crippen LogP) is 1.43. The summed E-state index contributed by atoms with van der Waals surface area (Å²) in [4.78, 5) is 0. The van der Waals surface area contributed by atoms with E-state index in [1.807, 2.05) is 0 Å². The molecule has 3 N–H and O–H groups in total. The Morgan fingerprint density at radius 2 is 2.08 bits per heavy atom. The Hall–Kier alpha value is -0.290. The molecule has 0 bridgehead atoms. The van der Waals surface area contributed by atoms with E-state index in [-0.39, 0.29) is 19.4 Å². The summed E-state index contributed by atoms with van der Waals surface area (Å²) in [5, 5.41) is 8.84. The van der Waals surface area contributed by atoms with Gasteiger partial charge in [-0.2, -0.15) is 13.2 Å². The van der Waals surface area contributed by atoms with E-state index >= 15 is 0 Å². The first-order chi connectivity index (χ1) is 5.87. The fraction of sp³-hybridized carbons (Fsp3) is 1.00. The van der Waals surface area contributed by atoms with Gasteiger partial charge < -0.3 is 10.8 Å². The highest BCUT2D eigenvalue weighted by atomic mass is 19.4. The number of hydrogen-bond donors (Lipinski definition) is 2. The smallest absolute Gasteiger partial charge is 0.391 e. The highest BCUT2D eigenvalue weighted by Gasteiger charge is 2.45. The van der Waals surface area contributed by atoms with Crippen molar-refractivity contribution in [2.75, 3.05) is 6.61 Å². The van der Waals surface area contributed by atoms with Gasteiger partial charge in [0, 0.05) is 5.54 Å². The standard InChI is InChI=1S/C8H14F3NO/c9-8(10,11)6-2-1-3-7(12,4-6)5-13/h6,13H,1-5,12H2. The van der Waals surface area contributed by atoms with E-state index in [2.05, 4.69) is 0 Å². The van der Waals surface area contributed by atoms with Crippen molar-refractivity contribution in [1.29, 1.82) is 0 Å². The second-order valence-electron chi connectivity index (χ2n) is 3.86. The zero-order valence-electron chi connectivity index (χ0n) is 7.27. The van der Waals surface area contributed by atoms with Crippen LogP contribution in [0, 0.1) is 5.92 Å². The Morgan fingerprint density at radius 1 is 1.46 bits per heavy atom. The van der Waals surface area contributed by atoms with Crippen LogP contribution in [0.1, 0.15) is 25.7 Å². The molecule has 78 valence electrons. The fourth-order valence-electron chi connectivity index (χ4n) is 1.82. The Kier molecular flexibility index (Phi) is 2.87. The Morgan fingerprint density at radius 3 is 2.54 bits per heavy atom. The van der Waals surface area contributed by atoms with E-state index in [9.17, 15) is 13.2 Å². The lowest BCUT2D eigenvalue weighted by atomic mass is 9.76. The number of aliphatic hydroxyl groups is 1. The summed E-state index contributed by atoms with van der Waals surface area (Å²) in [6, 6.07) is 0. The summed E-state index contributed by atoms with van der Waals surface area (Å²) < 4.78 is 36.9. The molecule has 1 aliphatic rings. The van der Waals surface area contributed by atoms with Crippen molar-refractivity contribution in [2.24, 2.45) is 11.7 Å². The number of aliphatic hydroxyl groups excluding tert-OH is 1. The van der Waals surface area contributed by atoms with E-state index in [1.54, 1.807) is 0 Å². The third kappa shape index (κ3) is 2.57. The molecular weight excluding hydrogens is 183 g/mol. The van der Waals surface area contributed by atoms with Gasteiger partial charge in [-0.3, -0.25) is 0 Å². The van der Waals surface area contributed by atoms with Gasteiger partial charge in [0.05, 0.1) is 12.5 Å². The minimum absolute atomic E-state index is 0.141. The SMILES string of the molecule is NC1(CO)CCCC(C(F)(F)F)C1. The minimum atomic E-state index is -4.17.